The average molecular weight is 274 g/mol. The molecule has 0 radical (unpaired) electrons. The van der Waals surface area contributed by atoms with Gasteiger partial charge in [0, 0.05) is 0 Å². The van der Waals surface area contributed by atoms with E-state index in [-0.39, 0.29) is 0 Å². The summed E-state index contributed by atoms with van der Waals surface area (Å²) in [5, 5.41) is 11.1. The van der Waals surface area contributed by atoms with Crippen molar-refractivity contribution in [2.24, 2.45) is 11.3 Å². The Morgan fingerprint density at radius 1 is 1.05 bits per heavy atom. The molecule has 1 N–H and O–H groups in total. The van der Waals surface area contributed by atoms with Gasteiger partial charge in [-0.1, -0.05) is 39.0 Å². The number of hydrogen-bond donors (Lipinski definition) is 1. The van der Waals surface area contributed by atoms with Crippen LogP contribution in [-0.4, -0.2) is 5.11 Å². The molecule has 20 heavy (non-hydrogen) atoms. The first-order valence-electron chi connectivity index (χ1n) is 8.02. The molecule has 2 rings (SSSR count). The minimum atomic E-state index is -0.613. The summed E-state index contributed by atoms with van der Waals surface area (Å²) in [4.78, 5) is 0. The van der Waals surface area contributed by atoms with Crippen molar-refractivity contribution in [3.05, 3.63) is 34.9 Å². The van der Waals surface area contributed by atoms with Gasteiger partial charge in [0.05, 0.1) is 5.60 Å². The number of aliphatic hydroxyl groups is 1. The van der Waals surface area contributed by atoms with Crippen molar-refractivity contribution in [2.45, 2.75) is 72.3 Å². The van der Waals surface area contributed by atoms with Crippen molar-refractivity contribution >= 4 is 0 Å². The summed E-state index contributed by atoms with van der Waals surface area (Å²) in [7, 11) is 0. The molecule has 1 saturated carbocycles. The van der Waals surface area contributed by atoms with Crippen molar-refractivity contribution in [3.63, 3.8) is 0 Å². The molecule has 1 nitrogen and oxygen atoms in total. The second-order valence-corrected chi connectivity index (χ2v) is 7.82. The Morgan fingerprint density at radius 3 is 2.35 bits per heavy atom. The van der Waals surface area contributed by atoms with Gasteiger partial charge in [0.25, 0.3) is 0 Å². The predicted molar refractivity (Wildman–Crippen MR) is 85.8 cm³/mol. The van der Waals surface area contributed by atoms with E-state index in [9.17, 15) is 5.11 Å². The van der Waals surface area contributed by atoms with E-state index in [4.69, 9.17) is 0 Å². The molecule has 1 heteroatoms. The molecule has 1 aromatic carbocycles. The zero-order chi connectivity index (χ0) is 15.0. The van der Waals surface area contributed by atoms with Gasteiger partial charge in [0.15, 0.2) is 0 Å². The molecule has 1 aromatic rings. The van der Waals surface area contributed by atoms with Crippen LogP contribution < -0.4 is 0 Å². The largest absolute Gasteiger partial charge is 0.385 e. The van der Waals surface area contributed by atoms with Gasteiger partial charge >= 0.3 is 0 Å². The number of rotatable bonds is 1. The van der Waals surface area contributed by atoms with Crippen molar-refractivity contribution in [1.82, 2.24) is 0 Å². The molecule has 0 aliphatic heterocycles. The topological polar surface area (TPSA) is 20.2 Å². The first kappa shape index (κ1) is 15.6. The lowest BCUT2D eigenvalue weighted by Crippen LogP contribution is -2.26. The Morgan fingerprint density at radius 2 is 1.75 bits per heavy atom. The molecule has 112 valence electrons. The second-order valence-electron chi connectivity index (χ2n) is 7.82. The molecule has 2 atom stereocenters. The summed E-state index contributed by atoms with van der Waals surface area (Å²) < 4.78 is 0. The molecule has 2 unspecified atom stereocenters. The molecule has 0 heterocycles. The Kier molecular flexibility index (Phi) is 4.30. The summed E-state index contributed by atoms with van der Waals surface area (Å²) in [5.74, 6) is 0.725. The quantitative estimate of drug-likeness (QED) is 0.705. The lowest BCUT2D eigenvalue weighted by atomic mass is 9.76. The van der Waals surface area contributed by atoms with E-state index in [0.29, 0.717) is 5.41 Å². The zero-order valence-electron chi connectivity index (χ0n) is 13.8. The maximum Gasteiger partial charge on any atom is 0.0896 e. The Bertz CT molecular complexity index is 469. The van der Waals surface area contributed by atoms with Crippen LogP contribution >= 0.6 is 0 Å². The van der Waals surface area contributed by atoms with Crippen LogP contribution in [0.3, 0.4) is 0 Å². The van der Waals surface area contributed by atoms with Gasteiger partial charge in [-0.25, -0.2) is 0 Å². The summed E-state index contributed by atoms with van der Waals surface area (Å²) in [6.45, 7) is 11.3. The van der Waals surface area contributed by atoms with E-state index in [1.165, 1.54) is 17.5 Å². The van der Waals surface area contributed by atoms with Crippen LogP contribution in [0.15, 0.2) is 18.2 Å². The second kappa shape index (κ2) is 5.52. The highest BCUT2D eigenvalue weighted by Gasteiger charge is 2.35. The highest BCUT2D eigenvalue weighted by molar-refractivity contribution is 5.33. The van der Waals surface area contributed by atoms with Gasteiger partial charge in [-0.3, -0.25) is 0 Å². The normalized spacial score (nSPS) is 28.2. The van der Waals surface area contributed by atoms with Crippen LogP contribution in [0, 0.1) is 25.2 Å². The van der Waals surface area contributed by atoms with Gasteiger partial charge < -0.3 is 5.11 Å². The minimum absolute atomic E-state index is 0.356. The maximum atomic E-state index is 11.1. The SMILES string of the molecule is Cc1ccc(C2(O)CCCC(C(C)(C)C)CC2)cc1C. The molecule has 0 bridgehead atoms. The molecule has 0 amide bonds. The van der Waals surface area contributed by atoms with E-state index >= 15 is 0 Å². The molecular formula is C19H30O. The van der Waals surface area contributed by atoms with Crippen molar-refractivity contribution in [3.8, 4) is 0 Å². The van der Waals surface area contributed by atoms with Gasteiger partial charge in [-0.2, -0.15) is 0 Å². The minimum Gasteiger partial charge on any atom is -0.385 e. The number of hydrogen-bond acceptors (Lipinski definition) is 1. The third-order valence-electron chi connectivity index (χ3n) is 5.32. The molecule has 1 fully saturated rings. The third-order valence-corrected chi connectivity index (χ3v) is 5.32. The Balaban J connectivity index is 2.20. The van der Waals surface area contributed by atoms with Crippen LogP contribution in [0.25, 0.3) is 0 Å². The number of aryl methyl sites for hydroxylation is 2. The maximum absolute atomic E-state index is 11.1. The lowest BCUT2D eigenvalue weighted by molar-refractivity contribution is 0.0179. The van der Waals surface area contributed by atoms with E-state index in [1.807, 2.05) is 0 Å². The summed E-state index contributed by atoms with van der Waals surface area (Å²) in [5.41, 5.74) is 3.45. The van der Waals surface area contributed by atoms with E-state index < -0.39 is 5.60 Å². The molecular weight excluding hydrogens is 244 g/mol. The molecule has 1 aliphatic carbocycles. The molecule has 0 aromatic heterocycles. The summed E-state index contributed by atoms with van der Waals surface area (Å²) >= 11 is 0. The van der Waals surface area contributed by atoms with Crippen LogP contribution in [0.1, 0.15) is 69.6 Å². The van der Waals surface area contributed by atoms with Crippen LogP contribution in [0.4, 0.5) is 0 Å². The highest BCUT2D eigenvalue weighted by atomic mass is 16.3. The summed E-state index contributed by atoms with van der Waals surface area (Å²) in [6, 6.07) is 6.46. The highest BCUT2D eigenvalue weighted by Crippen LogP contribution is 2.43. The van der Waals surface area contributed by atoms with Crippen molar-refractivity contribution in [1.29, 1.82) is 0 Å². The number of benzene rings is 1. The van der Waals surface area contributed by atoms with E-state index in [0.717, 1.165) is 37.2 Å². The van der Waals surface area contributed by atoms with E-state index in [2.05, 4.69) is 52.8 Å². The van der Waals surface area contributed by atoms with E-state index in [1.54, 1.807) is 0 Å². The van der Waals surface area contributed by atoms with Gasteiger partial charge in [0.1, 0.15) is 0 Å². The zero-order valence-corrected chi connectivity index (χ0v) is 13.8. The first-order valence-corrected chi connectivity index (χ1v) is 8.02. The van der Waals surface area contributed by atoms with Crippen LogP contribution in [0.2, 0.25) is 0 Å². The fraction of sp³-hybridized carbons (Fsp3) is 0.684. The van der Waals surface area contributed by atoms with Gasteiger partial charge in [-0.05, 0) is 74.0 Å². The standard InChI is InChI=1S/C19H30O/c1-14-8-9-17(13-15(14)2)19(20)11-6-7-16(10-12-19)18(3,4)5/h8-9,13,16,20H,6-7,10-12H2,1-5H3. The van der Waals surface area contributed by atoms with Crippen molar-refractivity contribution in [2.75, 3.05) is 0 Å². The monoisotopic (exact) mass is 274 g/mol. The smallest absolute Gasteiger partial charge is 0.0896 e. The Labute approximate surface area is 124 Å². The first-order chi connectivity index (χ1) is 9.22. The van der Waals surface area contributed by atoms with Crippen LogP contribution in [0.5, 0.6) is 0 Å². The third kappa shape index (κ3) is 3.25. The molecule has 1 aliphatic rings. The fourth-order valence-electron chi connectivity index (χ4n) is 3.51. The van der Waals surface area contributed by atoms with Crippen LogP contribution in [-0.2, 0) is 5.60 Å². The lowest BCUT2D eigenvalue weighted by Gasteiger charge is -2.31. The summed E-state index contributed by atoms with van der Waals surface area (Å²) in [6.07, 6.45) is 5.31. The average Bonchev–Trinajstić information content (AvgIpc) is 2.55. The van der Waals surface area contributed by atoms with Gasteiger partial charge in [0.2, 0.25) is 0 Å². The fourth-order valence-corrected chi connectivity index (χ4v) is 3.51. The van der Waals surface area contributed by atoms with Gasteiger partial charge in [-0.15, -0.1) is 0 Å². The van der Waals surface area contributed by atoms with Crippen molar-refractivity contribution < 1.29 is 5.11 Å². The molecule has 0 spiro atoms. The Hall–Kier alpha value is -0.820. The predicted octanol–water partition coefficient (Wildman–Crippen LogP) is 5.12. The molecule has 0 saturated heterocycles.